The molecule has 1 aliphatic heterocycles. The summed E-state index contributed by atoms with van der Waals surface area (Å²) in [5, 5.41) is 2.94. The van der Waals surface area contributed by atoms with Crippen LogP contribution in [0.2, 0.25) is 0 Å². The SMILES string of the molecule is COC(=O)c1ccc(CN2C(=O)NC3(CCCCC3C)C2=O)cc1. The largest absolute Gasteiger partial charge is 0.465 e. The van der Waals surface area contributed by atoms with Gasteiger partial charge in [0, 0.05) is 0 Å². The fourth-order valence-corrected chi connectivity index (χ4v) is 3.69. The number of hydrogen-bond acceptors (Lipinski definition) is 4. The molecule has 1 aromatic carbocycles. The Bertz CT molecular complexity index is 670. The van der Waals surface area contributed by atoms with Gasteiger partial charge >= 0.3 is 12.0 Å². The summed E-state index contributed by atoms with van der Waals surface area (Å²) >= 11 is 0. The second kappa shape index (κ2) is 6.26. The van der Waals surface area contributed by atoms with Crippen molar-refractivity contribution in [3.05, 3.63) is 35.4 Å². The van der Waals surface area contributed by atoms with Crippen LogP contribution in [0.4, 0.5) is 4.79 Å². The molecule has 1 aliphatic carbocycles. The molecule has 2 fully saturated rings. The third kappa shape index (κ3) is 2.66. The number of carbonyl (C=O) groups excluding carboxylic acids is 3. The standard InChI is InChI=1S/C18H22N2O4/c1-12-5-3-4-10-18(12)16(22)20(17(23)19-18)11-13-6-8-14(9-7-13)15(21)24-2/h6-9,12H,3-5,10-11H2,1-2H3,(H,19,23). The number of hydrogen-bond donors (Lipinski definition) is 1. The lowest BCUT2D eigenvalue weighted by molar-refractivity contribution is -0.134. The van der Waals surface area contributed by atoms with Crippen LogP contribution < -0.4 is 5.32 Å². The number of benzene rings is 1. The molecule has 2 aliphatic rings. The summed E-state index contributed by atoms with van der Waals surface area (Å²) in [6.45, 7) is 2.24. The summed E-state index contributed by atoms with van der Waals surface area (Å²) in [6.07, 6.45) is 3.71. The normalized spacial score (nSPS) is 26.6. The monoisotopic (exact) mass is 330 g/mol. The number of nitrogens with zero attached hydrogens (tertiary/aromatic N) is 1. The zero-order chi connectivity index (χ0) is 17.3. The quantitative estimate of drug-likeness (QED) is 0.682. The number of amides is 3. The molecule has 1 aromatic rings. The van der Waals surface area contributed by atoms with Gasteiger partial charge < -0.3 is 10.1 Å². The van der Waals surface area contributed by atoms with Gasteiger partial charge in [-0.3, -0.25) is 9.69 Å². The van der Waals surface area contributed by atoms with E-state index in [0.717, 1.165) is 24.8 Å². The van der Waals surface area contributed by atoms with Crippen LogP contribution in [0, 0.1) is 5.92 Å². The maximum absolute atomic E-state index is 12.9. The molecule has 1 heterocycles. The molecule has 24 heavy (non-hydrogen) atoms. The molecule has 3 rings (SSSR count). The number of ether oxygens (including phenoxy) is 1. The molecule has 0 aromatic heterocycles. The van der Waals surface area contributed by atoms with E-state index in [0.29, 0.717) is 12.0 Å². The molecule has 0 bridgehead atoms. The molecular formula is C18H22N2O4. The lowest BCUT2D eigenvalue weighted by Gasteiger charge is -2.36. The second-order valence-electron chi connectivity index (χ2n) is 6.63. The number of rotatable bonds is 3. The number of nitrogens with one attached hydrogen (secondary N) is 1. The van der Waals surface area contributed by atoms with Crippen molar-refractivity contribution in [2.45, 2.75) is 44.7 Å². The van der Waals surface area contributed by atoms with Gasteiger partial charge in [-0.25, -0.2) is 9.59 Å². The summed E-state index contributed by atoms with van der Waals surface area (Å²) in [5.74, 6) is -0.391. The van der Waals surface area contributed by atoms with Crippen LogP contribution in [-0.4, -0.2) is 35.5 Å². The lowest BCUT2D eigenvalue weighted by atomic mass is 9.73. The number of urea groups is 1. The first-order valence-corrected chi connectivity index (χ1v) is 8.29. The van der Waals surface area contributed by atoms with Gasteiger partial charge in [0.15, 0.2) is 0 Å². The maximum atomic E-state index is 12.9. The van der Waals surface area contributed by atoms with Crippen molar-refractivity contribution in [2.75, 3.05) is 7.11 Å². The van der Waals surface area contributed by atoms with Gasteiger partial charge in [-0.1, -0.05) is 31.9 Å². The van der Waals surface area contributed by atoms with Gasteiger partial charge in [-0.2, -0.15) is 0 Å². The van der Waals surface area contributed by atoms with Crippen molar-refractivity contribution in [2.24, 2.45) is 5.92 Å². The number of methoxy groups -OCH3 is 1. The van der Waals surface area contributed by atoms with Gasteiger partial charge in [-0.05, 0) is 36.5 Å². The van der Waals surface area contributed by atoms with E-state index in [-0.39, 0.29) is 24.4 Å². The minimum absolute atomic E-state index is 0.128. The highest BCUT2D eigenvalue weighted by atomic mass is 16.5. The molecule has 6 nitrogen and oxygen atoms in total. The van der Waals surface area contributed by atoms with E-state index in [2.05, 4.69) is 10.1 Å². The molecule has 128 valence electrons. The van der Waals surface area contributed by atoms with Crippen molar-refractivity contribution < 1.29 is 19.1 Å². The van der Waals surface area contributed by atoms with Crippen molar-refractivity contribution in [1.29, 1.82) is 0 Å². The molecular weight excluding hydrogens is 308 g/mol. The van der Waals surface area contributed by atoms with Crippen LogP contribution in [0.25, 0.3) is 0 Å². The third-order valence-corrected chi connectivity index (χ3v) is 5.22. The summed E-state index contributed by atoms with van der Waals surface area (Å²) in [5.41, 5.74) is 0.504. The smallest absolute Gasteiger partial charge is 0.337 e. The molecule has 1 spiro atoms. The van der Waals surface area contributed by atoms with E-state index in [9.17, 15) is 14.4 Å². The topological polar surface area (TPSA) is 75.7 Å². The fourth-order valence-electron chi connectivity index (χ4n) is 3.69. The van der Waals surface area contributed by atoms with Gasteiger partial charge in [-0.15, -0.1) is 0 Å². The zero-order valence-electron chi connectivity index (χ0n) is 14.0. The zero-order valence-corrected chi connectivity index (χ0v) is 14.0. The molecule has 2 atom stereocenters. The average molecular weight is 330 g/mol. The van der Waals surface area contributed by atoms with E-state index >= 15 is 0 Å². The molecule has 1 saturated carbocycles. The molecule has 0 radical (unpaired) electrons. The lowest BCUT2D eigenvalue weighted by Crippen LogP contribution is -2.53. The average Bonchev–Trinajstić information content (AvgIpc) is 2.82. The second-order valence-corrected chi connectivity index (χ2v) is 6.63. The van der Waals surface area contributed by atoms with Crippen LogP contribution in [0.5, 0.6) is 0 Å². The maximum Gasteiger partial charge on any atom is 0.337 e. The van der Waals surface area contributed by atoms with E-state index in [1.807, 2.05) is 6.92 Å². The van der Waals surface area contributed by atoms with E-state index in [1.165, 1.54) is 12.0 Å². The first kappa shape index (κ1) is 16.5. The Morgan fingerprint density at radius 1 is 1.29 bits per heavy atom. The number of esters is 1. The third-order valence-electron chi connectivity index (χ3n) is 5.22. The highest BCUT2D eigenvalue weighted by molar-refractivity contribution is 6.07. The fraction of sp³-hybridized carbons (Fsp3) is 0.500. The van der Waals surface area contributed by atoms with Crippen molar-refractivity contribution >= 4 is 17.9 Å². The van der Waals surface area contributed by atoms with Crippen LogP contribution in [0.3, 0.4) is 0 Å². The van der Waals surface area contributed by atoms with Crippen LogP contribution in [-0.2, 0) is 16.1 Å². The van der Waals surface area contributed by atoms with Gasteiger partial charge in [0.05, 0.1) is 19.2 Å². The molecule has 1 N–H and O–H groups in total. The Kier molecular flexibility index (Phi) is 4.30. The van der Waals surface area contributed by atoms with Gasteiger partial charge in [0.1, 0.15) is 5.54 Å². The number of imide groups is 1. The minimum Gasteiger partial charge on any atom is -0.465 e. The Balaban J connectivity index is 1.77. The predicted octanol–water partition coefficient (Wildman–Crippen LogP) is 2.47. The number of carbonyl (C=O) groups is 3. The highest BCUT2D eigenvalue weighted by Crippen LogP contribution is 2.38. The molecule has 3 amide bonds. The van der Waals surface area contributed by atoms with E-state index < -0.39 is 11.5 Å². The summed E-state index contributed by atoms with van der Waals surface area (Å²) in [4.78, 5) is 38.0. The highest BCUT2D eigenvalue weighted by Gasteiger charge is 2.54. The van der Waals surface area contributed by atoms with Crippen molar-refractivity contribution in [3.8, 4) is 0 Å². The minimum atomic E-state index is -0.735. The van der Waals surface area contributed by atoms with E-state index in [1.54, 1.807) is 24.3 Å². The Morgan fingerprint density at radius 2 is 2.00 bits per heavy atom. The predicted molar refractivity (Wildman–Crippen MR) is 87.2 cm³/mol. The molecule has 2 unspecified atom stereocenters. The van der Waals surface area contributed by atoms with E-state index in [4.69, 9.17) is 0 Å². The Labute approximate surface area is 141 Å². The molecule has 1 saturated heterocycles. The first-order chi connectivity index (χ1) is 11.5. The first-order valence-electron chi connectivity index (χ1n) is 8.29. The summed E-state index contributed by atoms with van der Waals surface area (Å²) < 4.78 is 4.66. The van der Waals surface area contributed by atoms with Crippen LogP contribution in [0.1, 0.15) is 48.5 Å². The van der Waals surface area contributed by atoms with Gasteiger partial charge in [0.25, 0.3) is 5.91 Å². The Hall–Kier alpha value is -2.37. The summed E-state index contributed by atoms with van der Waals surface area (Å²) in [6, 6.07) is 6.42. The van der Waals surface area contributed by atoms with Crippen molar-refractivity contribution in [1.82, 2.24) is 10.2 Å². The van der Waals surface area contributed by atoms with Crippen LogP contribution >= 0.6 is 0 Å². The molecule has 6 heteroatoms. The van der Waals surface area contributed by atoms with Crippen molar-refractivity contribution in [3.63, 3.8) is 0 Å². The summed E-state index contributed by atoms with van der Waals surface area (Å²) in [7, 11) is 1.33. The Morgan fingerprint density at radius 3 is 2.62 bits per heavy atom. The van der Waals surface area contributed by atoms with Gasteiger partial charge in [0.2, 0.25) is 0 Å². The van der Waals surface area contributed by atoms with Crippen LogP contribution in [0.15, 0.2) is 24.3 Å².